The number of aliphatic hydroxyl groups excluding tert-OH is 2. The third-order valence-electron chi connectivity index (χ3n) is 8.62. The third-order valence-corrected chi connectivity index (χ3v) is 9.63. The summed E-state index contributed by atoms with van der Waals surface area (Å²) in [5.41, 5.74) is -0.278. The van der Waals surface area contributed by atoms with Gasteiger partial charge >= 0.3 is 6.03 Å². The second-order valence-corrected chi connectivity index (χ2v) is 12.0. The topological polar surface area (TPSA) is 153 Å². The van der Waals surface area contributed by atoms with E-state index in [1.54, 1.807) is 4.90 Å². The summed E-state index contributed by atoms with van der Waals surface area (Å²) in [6, 6.07) is -0.221. The highest BCUT2D eigenvalue weighted by Gasteiger charge is 2.59. The van der Waals surface area contributed by atoms with E-state index in [0.29, 0.717) is 63.8 Å². The van der Waals surface area contributed by atoms with Crippen molar-refractivity contribution in [1.29, 1.82) is 0 Å². The molecule has 1 aliphatic heterocycles. The molecule has 2 aliphatic carbocycles. The van der Waals surface area contributed by atoms with Crippen LogP contribution in [-0.2, 0) is 20.7 Å². The number of rotatable bonds is 7. The Labute approximate surface area is 221 Å². The number of anilines is 1. The zero-order valence-corrected chi connectivity index (χ0v) is 22.7. The van der Waals surface area contributed by atoms with Crippen molar-refractivity contribution in [2.75, 3.05) is 51.3 Å². The Morgan fingerprint density at radius 1 is 1.19 bits per heavy atom. The molecule has 37 heavy (non-hydrogen) atoms. The molecule has 5 N–H and O–H groups in total. The van der Waals surface area contributed by atoms with E-state index in [0.717, 1.165) is 10.6 Å². The average Bonchev–Trinajstić information content (AvgIpc) is 3.28. The van der Waals surface area contributed by atoms with Crippen molar-refractivity contribution in [1.82, 2.24) is 20.5 Å². The lowest BCUT2D eigenvalue weighted by molar-refractivity contribution is -0.144. The fourth-order valence-electron chi connectivity index (χ4n) is 6.33. The lowest BCUT2D eigenvalue weighted by atomic mass is 9.47. The van der Waals surface area contributed by atoms with E-state index in [1.807, 2.05) is 6.92 Å². The van der Waals surface area contributed by atoms with Gasteiger partial charge in [0.2, 0.25) is 11.8 Å². The van der Waals surface area contributed by atoms with Crippen LogP contribution in [0.2, 0.25) is 0 Å². The molecule has 5 unspecified atom stereocenters. The third kappa shape index (κ3) is 5.62. The molecule has 4 amide bonds. The van der Waals surface area contributed by atoms with Crippen LogP contribution >= 0.6 is 11.3 Å². The van der Waals surface area contributed by atoms with E-state index in [9.17, 15) is 24.6 Å². The van der Waals surface area contributed by atoms with E-state index in [2.05, 4.69) is 22.9 Å². The van der Waals surface area contributed by atoms with Crippen LogP contribution in [-0.4, -0.2) is 90.0 Å². The summed E-state index contributed by atoms with van der Waals surface area (Å²) < 4.78 is 5.33. The number of urea groups is 1. The number of morpholine rings is 1. The van der Waals surface area contributed by atoms with Gasteiger partial charge in [-0.05, 0) is 30.6 Å². The number of nitrogens with one attached hydrogen (secondary N) is 3. The van der Waals surface area contributed by atoms with Crippen molar-refractivity contribution in [3.8, 4) is 0 Å². The van der Waals surface area contributed by atoms with Crippen molar-refractivity contribution in [2.24, 2.45) is 16.7 Å². The zero-order chi connectivity index (χ0) is 26.8. The molecule has 3 aliphatic rings. The van der Waals surface area contributed by atoms with Crippen LogP contribution in [0.5, 0.6) is 0 Å². The van der Waals surface area contributed by atoms with Crippen molar-refractivity contribution in [3.63, 3.8) is 0 Å². The van der Waals surface area contributed by atoms with Gasteiger partial charge in [0.15, 0.2) is 5.13 Å². The molecule has 5 atom stereocenters. The van der Waals surface area contributed by atoms with Gasteiger partial charge in [0, 0.05) is 55.7 Å². The molecule has 0 aromatic carbocycles. The summed E-state index contributed by atoms with van der Waals surface area (Å²) in [6.45, 7) is 8.06. The van der Waals surface area contributed by atoms with Gasteiger partial charge in [-0.3, -0.25) is 14.9 Å². The Morgan fingerprint density at radius 2 is 1.89 bits per heavy atom. The quantitative estimate of drug-likeness (QED) is 0.326. The lowest BCUT2D eigenvalue weighted by Crippen LogP contribution is -2.57. The Balaban J connectivity index is 1.60. The first-order valence-corrected chi connectivity index (χ1v) is 13.8. The minimum absolute atomic E-state index is 0.0679. The summed E-state index contributed by atoms with van der Waals surface area (Å²) >= 11 is 1.41. The highest BCUT2D eigenvalue weighted by Crippen LogP contribution is 2.62. The predicted octanol–water partition coefficient (Wildman–Crippen LogP) is 1.07. The van der Waals surface area contributed by atoms with Crippen molar-refractivity contribution >= 4 is 34.3 Å². The maximum absolute atomic E-state index is 13.0. The van der Waals surface area contributed by atoms with Crippen LogP contribution in [0, 0.1) is 16.7 Å². The maximum Gasteiger partial charge on any atom is 0.323 e. The fourth-order valence-corrected chi connectivity index (χ4v) is 7.39. The lowest BCUT2D eigenvalue weighted by Gasteiger charge is -2.58. The van der Waals surface area contributed by atoms with Crippen LogP contribution in [0.15, 0.2) is 0 Å². The highest BCUT2D eigenvalue weighted by molar-refractivity contribution is 7.15. The normalized spacial score (nSPS) is 31.2. The molecule has 1 aromatic heterocycles. The molecule has 0 bridgehead atoms. The van der Waals surface area contributed by atoms with E-state index < -0.39 is 11.5 Å². The largest absolute Gasteiger partial charge is 0.396 e. The van der Waals surface area contributed by atoms with Gasteiger partial charge in [0.05, 0.1) is 31.6 Å². The van der Waals surface area contributed by atoms with Crippen molar-refractivity contribution in [3.05, 3.63) is 10.6 Å². The van der Waals surface area contributed by atoms with Crippen LogP contribution in [0.3, 0.4) is 0 Å². The van der Waals surface area contributed by atoms with Crippen LogP contribution < -0.4 is 16.0 Å². The van der Waals surface area contributed by atoms with E-state index >= 15 is 0 Å². The second kappa shape index (κ2) is 11.2. The number of amides is 4. The van der Waals surface area contributed by atoms with E-state index in [-0.39, 0.29) is 48.1 Å². The van der Waals surface area contributed by atoms with E-state index in [1.165, 1.54) is 18.3 Å². The first-order valence-electron chi connectivity index (χ1n) is 13.0. The Hall–Kier alpha value is -2.28. The predicted molar refractivity (Wildman–Crippen MR) is 138 cm³/mol. The van der Waals surface area contributed by atoms with Crippen LogP contribution in [0.25, 0.3) is 0 Å². The van der Waals surface area contributed by atoms with Gasteiger partial charge in [-0.1, -0.05) is 13.8 Å². The number of aromatic nitrogens is 1. The van der Waals surface area contributed by atoms with E-state index in [4.69, 9.17) is 9.72 Å². The molecule has 1 saturated heterocycles. The Morgan fingerprint density at radius 3 is 2.57 bits per heavy atom. The van der Waals surface area contributed by atoms with Crippen LogP contribution in [0.4, 0.5) is 9.93 Å². The Bertz CT molecular complexity index is 1010. The number of aliphatic hydroxyl groups is 2. The first kappa shape index (κ1) is 27.7. The zero-order valence-electron chi connectivity index (χ0n) is 21.8. The SMILES string of the molecule is CC(=O)NCCNC(=O)CC1c2nc(NC(=O)N3CCOCC3)sc2CC2C(C)(CO)C(O)CCC12C. The number of hydrogen-bond donors (Lipinski definition) is 5. The van der Waals surface area contributed by atoms with Crippen molar-refractivity contribution < 1.29 is 29.3 Å². The van der Waals surface area contributed by atoms with Gasteiger partial charge in [-0.15, -0.1) is 11.3 Å². The van der Waals surface area contributed by atoms with Gasteiger partial charge in [-0.25, -0.2) is 9.78 Å². The summed E-state index contributed by atoms with van der Waals surface area (Å²) in [6.07, 6.45) is 1.40. The van der Waals surface area contributed by atoms with Gasteiger partial charge in [0.1, 0.15) is 0 Å². The number of ether oxygens (including phenoxy) is 1. The molecule has 4 rings (SSSR count). The Kier molecular flexibility index (Phi) is 8.41. The molecule has 11 nitrogen and oxygen atoms in total. The van der Waals surface area contributed by atoms with Gasteiger partial charge in [0.25, 0.3) is 0 Å². The number of carbonyl (C=O) groups excluding carboxylic acids is 3. The molecular weight excluding hydrogens is 498 g/mol. The fraction of sp³-hybridized carbons (Fsp3) is 0.760. The molecular formula is C25H39N5O6S. The first-order chi connectivity index (χ1) is 17.6. The summed E-state index contributed by atoms with van der Waals surface area (Å²) in [4.78, 5) is 44.5. The summed E-state index contributed by atoms with van der Waals surface area (Å²) in [5.74, 6) is -0.612. The molecule has 206 valence electrons. The minimum Gasteiger partial charge on any atom is -0.396 e. The number of hydrogen-bond acceptors (Lipinski definition) is 8. The van der Waals surface area contributed by atoms with Crippen LogP contribution in [0.1, 0.15) is 56.5 Å². The standard InChI is InChI=1S/C25H39N5O6S/c1-15(32)26-6-7-27-20(34)12-16-21-17(13-18-24(16,2)5-4-19(33)25(18,3)14-31)37-22(28-21)29-23(35)30-8-10-36-11-9-30/h16,18-19,31,33H,4-14H2,1-3H3,(H,26,32)(H,27,34)(H,28,29,35). The summed E-state index contributed by atoms with van der Waals surface area (Å²) in [5, 5.41) is 30.3. The molecule has 2 heterocycles. The monoisotopic (exact) mass is 537 g/mol. The van der Waals surface area contributed by atoms with Gasteiger partial charge < -0.3 is 30.5 Å². The summed E-state index contributed by atoms with van der Waals surface area (Å²) in [7, 11) is 0. The minimum atomic E-state index is -0.716. The number of thiazole rings is 1. The second-order valence-electron chi connectivity index (χ2n) is 10.9. The maximum atomic E-state index is 13.0. The molecule has 1 aromatic rings. The van der Waals surface area contributed by atoms with Crippen molar-refractivity contribution in [2.45, 2.75) is 58.5 Å². The molecule has 0 radical (unpaired) electrons. The average molecular weight is 538 g/mol. The smallest absolute Gasteiger partial charge is 0.323 e. The van der Waals surface area contributed by atoms with Gasteiger partial charge in [-0.2, -0.15) is 0 Å². The molecule has 1 saturated carbocycles. The number of nitrogens with zero attached hydrogens (tertiary/aromatic N) is 2. The molecule has 12 heteroatoms. The molecule has 0 spiro atoms. The number of fused-ring (bicyclic) bond motifs is 2. The number of carbonyl (C=O) groups is 3. The molecule has 2 fully saturated rings. The highest BCUT2D eigenvalue weighted by atomic mass is 32.1.